The average Bonchev–Trinajstić information content (AvgIpc) is 2.97. The summed E-state index contributed by atoms with van der Waals surface area (Å²) in [5.74, 6) is -0.386. The molecule has 0 radical (unpaired) electrons. The highest BCUT2D eigenvalue weighted by Crippen LogP contribution is 2.29. The molecule has 1 heterocycles. The van der Waals surface area contributed by atoms with E-state index >= 15 is 0 Å². The van der Waals surface area contributed by atoms with Crippen molar-refractivity contribution >= 4 is 17.6 Å². The van der Waals surface area contributed by atoms with Gasteiger partial charge in [0.15, 0.2) is 0 Å². The zero-order valence-electron chi connectivity index (χ0n) is 9.40. The van der Waals surface area contributed by atoms with Crippen LogP contribution in [-0.2, 0) is 16.0 Å². The number of ether oxygens (including phenoxy) is 2. The van der Waals surface area contributed by atoms with Crippen LogP contribution >= 0.6 is 11.6 Å². The predicted molar refractivity (Wildman–Crippen MR) is 62.6 cm³/mol. The van der Waals surface area contributed by atoms with Gasteiger partial charge in [0.1, 0.15) is 18.0 Å². The highest BCUT2D eigenvalue weighted by Gasteiger charge is 2.40. The Labute approximate surface area is 104 Å². The van der Waals surface area contributed by atoms with Crippen molar-refractivity contribution in [3.8, 4) is 5.75 Å². The fourth-order valence-corrected chi connectivity index (χ4v) is 1.57. The third-order valence-corrected chi connectivity index (χ3v) is 2.78. The van der Waals surface area contributed by atoms with E-state index in [9.17, 15) is 4.79 Å². The second-order valence-electron chi connectivity index (χ2n) is 4.35. The lowest BCUT2D eigenvalue weighted by Gasteiger charge is -2.12. The van der Waals surface area contributed by atoms with E-state index in [1.165, 1.54) is 0 Å². The summed E-state index contributed by atoms with van der Waals surface area (Å²) in [7, 11) is 0. The molecular formula is C12H13ClO4. The van der Waals surface area contributed by atoms with Crippen molar-refractivity contribution < 1.29 is 19.4 Å². The number of epoxide rings is 1. The molecule has 0 aliphatic carbocycles. The van der Waals surface area contributed by atoms with E-state index in [1.807, 2.05) is 6.92 Å². The summed E-state index contributed by atoms with van der Waals surface area (Å²) < 4.78 is 10.8. The summed E-state index contributed by atoms with van der Waals surface area (Å²) in [6.45, 7) is 3.01. The van der Waals surface area contributed by atoms with Gasteiger partial charge in [0.2, 0.25) is 0 Å². The minimum atomic E-state index is -0.897. The molecule has 1 fully saturated rings. The van der Waals surface area contributed by atoms with Crippen molar-refractivity contribution in [2.75, 3.05) is 13.2 Å². The van der Waals surface area contributed by atoms with Crippen LogP contribution in [0.1, 0.15) is 12.5 Å². The molecule has 0 aromatic heterocycles. The number of halogens is 1. The standard InChI is InChI=1S/C12H13ClO4/c1-12(7-17-12)6-16-10-5-9(13)3-2-8(10)4-11(14)15/h2-3,5H,4,6-7H2,1H3,(H,14,15)/t12-/m1/s1. The average molecular weight is 257 g/mol. The molecular weight excluding hydrogens is 244 g/mol. The summed E-state index contributed by atoms with van der Waals surface area (Å²) in [6.07, 6.45) is -0.0793. The lowest BCUT2D eigenvalue weighted by Crippen LogP contribution is -2.18. The highest BCUT2D eigenvalue weighted by atomic mass is 35.5. The van der Waals surface area contributed by atoms with Crippen LogP contribution in [0.5, 0.6) is 5.75 Å². The van der Waals surface area contributed by atoms with Gasteiger partial charge in [0.05, 0.1) is 13.0 Å². The maximum atomic E-state index is 10.7. The van der Waals surface area contributed by atoms with E-state index in [0.717, 1.165) is 0 Å². The van der Waals surface area contributed by atoms with Crippen LogP contribution < -0.4 is 4.74 Å². The Morgan fingerprint density at radius 1 is 1.65 bits per heavy atom. The van der Waals surface area contributed by atoms with Gasteiger partial charge in [0, 0.05) is 10.6 Å². The largest absolute Gasteiger partial charge is 0.490 e. The summed E-state index contributed by atoms with van der Waals surface area (Å²) in [4.78, 5) is 10.7. The lowest BCUT2D eigenvalue weighted by atomic mass is 10.1. The Kier molecular flexibility index (Phi) is 3.26. The number of carbonyl (C=O) groups is 1. The predicted octanol–water partition coefficient (Wildman–Crippen LogP) is 2.13. The molecule has 1 aliphatic heterocycles. The molecule has 2 rings (SSSR count). The number of benzene rings is 1. The number of carboxylic acids is 1. The zero-order valence-corrected chi connectivity index (χ0v) is 10.2. The summed E-state index contributed by atoms with van der Waals surface area (Å²) >= 11 is 5.86. The molecule has 4 nitrogen and oxygen atoms in total. The molecule has 92 valence electrons. The Balaban J connectivity index is 2.11. The van der Waals surface area contributed by atoms with Gasteiger partial charge in [-0.3, -0.25) is 4.79 Å². The molecule has 5 heteroatoms. The van der Waals surface area contributed by atoms with Crippen LogP contribution in [-0.4, -0.2) is 29.9 Å². The van der Waals surface area contributed by atoms with Gasteiger partial charge in [0.25, 0.3) is 0 Å². The lowest BCUT2D eigenvalue weighted by molar-refractivity contribution is -0.136. The molecule has 0 saturated carbocycles. The van der Waals surface area contributed by atoms with E-state index in [1.54, 1.807) is 18.2 Å². The van der Waals surface area contributed by atoms with Gasteiger partial charge in [-0.2, -0.15) is 0 Å². The maximum absolute atomic E-state index is 10.7. The van der Waals surface area contributed by atoms with Crippen molar-refractivity contribution in [1.29, 1.82) is 0 Å². The second kappa shape index (κ2) is 4.55. The molecule has 1 atom stereocenters. The summed E-state index contributed by atoms with van der Waals surface area (Å²) in [5, 5.41) is 9.31. The van der Waals surface area contributed by atoms with Crippen LogP contribution in [0.25, 0.3) is 0 Å². The normalized spacial score (nSPS) is 22.2. The Morgan fingerprint density at radius 3 is 2.94 bits per heavy atom. The van der Waals surface area contributed by atoms with Crippen molar-refractivity contribution in [3.05, 3.63) is 28.8 Å². The van der Waals surface area contributed by atoms with Crippen LogP contribution in [0.2, 0.25) is 5.02 Å². The molecule has 1 aromatic rings. The van der Waals surface area contributed by atoms with Gasteiger partial charge in [-0.1, -0.05) is 17.7 Å². The van der Waals surface area contributed by atoms with Crippen molar-refractivity contribution in [2.45, 2.75) is 18.9 Å². The van der Waals surface area contributed by atoms with E-state index in [2.05, 4.69) is 0 Å². The van der Waals surface area contributed by atoms with Crippen LogP contribution in [0.15, 0.2) is 18.2 Å². The number of rotatable bonds is 5. The fraction of sp³-hybridized carbons (Fsp3) is 0.417. The Bertz CT molecular complexity index is 440. The number of aliphatic carboxylic acids is 1. The molecule has 17 heavy (non-hydrogen) atoms. The van der Waals surface area contributed by atoms with E-state index < -0.39 is 5.97 Å². The van der Waals surface area contributed by atoms with E-state index in [4.69, 9.17) is 26.2 Å². The topological polar surface area (TPSA) is 59.1 Å². The van der Waals surface area contributed by atoms with Gasteiger partial charge in [-0.25, -0.2) is 0 Å². The molecule has 0 amide bonds. The first-order valence-electron chi connectivity index (χ1n) is 5.25. The molecule has 0 bridgehead atoms. The monoisotopic (exact) mass is 256 g/mol. The molecule has 1 aromatic carbocycles. The third-order valence-electron chi connectivity index (χ3n) is 2.54. The molecule has 0 spiro atoms. The Morgan fingerprint density at radius 2 is 2.35 bits per heavy atom. The van der Waals surface area contributed by atoms with E-state index in [-0.39, 0.29) is 12.0 Å². The van der Waals surface area contributed by atoms with Crippen molar-refractivity contribution in [1.82, 2.24) is 0 Å². The number of carboxylic acid groups (broad SMARTS) is 1. The van der Waals surface area contributed by atoms with Crippen molar-refractivity contribution in [2.24, 2.45) is 0 Å². The van der Waals surface area contributed by atoms with Crippen LogP contribution in [0.3, 0.4) is 0 Å². The first-order valence-corrected chi connectivity index (χ1v) is 5.63. The Hall–Kier alpha value is -1.26. The third kappa shape index (κ3) is 3.35. The summed E-state index contributed by atoms with van der Waals surface area (Å²) in [5.41, 5.74) is 0.383. The highest BCUT2D eigenvalue weighted by molar-refractivity contribution is 6.30. The van der Waals surface area contributed by atoms with Gasteiger partial charge < -0.3 is 14.6 Å². The maximum Gasteiger partial charge on any atom is 0.307 e. The van der Waals surface area contributed by atoms with Gasteiger partial charge >= 0.3 is 5.97 Å². The second-order valence-corrected chi connectivity index (χ2v) is 4.79. The minimum Gasteiger partial charge on any atom is -0.490 e. The quantitative estimate of drug-likeness (QED) is 0.820. The van der Waals surface area contributed by atoms with Gasteiger partial charge in [-0.05, 0) is 19.1 Å². The molecule has 0 unspecified atom stereocenters. The number of hydrogen-bond acceptors (Lipinski definition) is 3. The smallest absolute Gasteiger partial charge is 0.307 e. The fourth-order valence-electron chi connectivity index (χ4n) is 1.41. The first-order chi connectivity index (χ1) is 7.98. The SMILES string of the molecule is C[C@@]1(COc2cc(Cl)ccc2CC(=O)O)CO1. The molecule has 1 aliphatic rings. The van der Waals surface area contributed by atoms with Crippen LogP contribution in [0, 0.1) is 0 Å². The summed E-state index contributed by atoms with van der Waals surface area (Å²) in [6, 6.07) is 4.95. The minimum absolute atomic E-state index is 0.0793. The number of hydrogen-bond donors (Lipinski definition) is 1. The van der Waals surface area contributed by atoms with Crippen LogP contribution in [0.4, 0.5) is 0 Å². The zero-order chi connectivity index (χ0) is 12.5. The van der Waals surface area contributed by atoms with Crippen molar-refractivity contribution in [3.63, 3.8) is 0 Å². The molecule has 1 saturated heterocycles. The van der Waals surface area contributed by atoms with E-state index in [0.29, 0.717) is 29.5 Å². The van der Waals surface area contributed by atoms with Gasteiger partial charge in [-0.15, -0.1) is 0 Å². The first kappa shape index (κ1) is 12.2. The molecule has 1 N–H and O–H groups in total.